The van der Waals surface area contributed by atoms with Gasteiger partial charge in [-0.3, -0.25) is 4.98 Å². The van der Waals surface area contributed by atoms with Crippen molar-refractivity contribution in [3.05, 3.63) is 49.1 Å². The number of pyridine rings is 1. The van der Waals surface area contributed by atoms with Crippen LogP contribution in [0.4, 0.5) is 5.82 Å². The molecule has 2 aromatic heterocycles. The fourth-order valence-corrected chi connectivity index (χ4v) is 1.50. The Labute approximate surface area is 100 Å². The van der Waals surface area contributed by atoms with E-state index in [2.05, 4.69) is 26.8 Å². The molecule has 0 saturated heterocycles. The van der Waals surface area contributed by atoms with E-state index in [1.807, 2.05) is 25.1 Å². The SMILES string of the molecule is C=CCNc1cc(-c2cccnc2)nc(C)n1. The van der Waals surface area contributed by atoms with Crippen LogP contribution in [-0.2, 0) is 0 Å². The number of aryl methyl sites for hydroxylation is 1. The monoisotopic (exact) mass is 226 g/mol. The van der Waals surface area contributed by atoms with Crippen molar-refractivity contribution >= 4 is 5.82 Å². The maximum Gasteiger partial charge on any atom is 0.130 e. The highest BCUT2D eigenvalue weighted by Crippen LogP contribution is 2.18. The molecule has 0 aliphatic heterocycles. The molecule has 17 heavy (non-hydrogen) atoms. The van der Waals surface area contributed by atoms with Gasteiger partial charge in [0.15, 0.2) is 0 Å². The van der Waals surface area contributed by atoms with Crippen LogP contribution in [0.5, 0.6) is 0 Å². The second-order valence-electron chi connectivity index (χ2n) is 3.60. The Balaban J connectivity index is 2.35. The van der Waals surface area contributed by atoms with Gasteiger partial charge in [-0.2, -0.15) is 0 Å². The van der Waals surface area contributed by atoms with Gasteiger partial charge in [-0.05, 0) is 19.1 Å². The van der Waals surface area contributed by atoms with Gasteiger partial charge in [0, 0.05) is 30.6 Å². The minimum absolute atomic E-state index is 0.683. The predicted octanol–water partition coefficient (Wildman–Crippen LogP) is 2.44. The summed E-state index contributed by atoms with van der Waals surface area (Å²) in [5.74, 6) is 1.54. The first-order valence-electron chi connectivity index (χ1n) is 5.40. The van der Waals surface area contributed by atoms with Crippen molar-refractivity contribution in [3.8, 4) is 11.3 Å². The van der Waals surface area contributed by atoms with Gasteiger partial charge in [0.25, 0.3) is 0 Å². The average molecular weight is 226 g/mol. The molecule has 86 valence electrons. The zero-order valence-corrected chi connectivity index (χ0v) is 9.72. The number of nitrogens with zero attached hydrogens (tertiary/aromatic N) is 3. The van der Waals surface area contributed by atoms with Crippen LogP contribution in [0.25, 0.3) is 11.3 Å². The molecular formula is C13H14N4. The smallest absolute Gasteiger partial charge is 0.130 e. The van der Waals surface area contributed by atoms with E-state index in [0.717, 1.165) is 22.9 Å². The minimum atomic E-state index is 0.683. The van der Waals surface area contributed by atoms with E-state index in [0.29, 0.717) is 6.54 Å². The van der Waals surface area contributed by atoms with Gasteiger partial charge in [0.05, 0.1) is 5.69 Å². The van der Waals surface area contributed by atoms with Crippen molar-refractivity contribution < 1.29 is 0 Å². The third kappa shape index (κ3) is 2.87. The van der Waals surface area contributed by atoms with E-state index in [-0.39, 0.29) is 0 Å². The molecule has 0 unspecified atom stereocenters. The van der Waals surface area contributed by atoms with E-state index in [1.165, 1.54) is 0 Å². The largest absolute Gasteiger partial charge is 0.366 e. The van der Waals surface area contributed by atoms with Gasteiger partial charge in [-0.1, -0.05) is 6.08 Å². The molecule has 0 saturated carbocycles. The number of anilines is 1. The molecule has 0 aromatic carbocycles. The Kier molecular flexibility index (Phi) is 3.45. The van der Waals surface area contributed by atoms with Crippen LogP contribution in [0.15, 0.2) is 43.2 Å². The molecule has 2 heterocycles. The third-order valence-electron chi connectivity index (χ3n) is 2.22. The molecule has 0 spiro atoms. The van der Waals surface area contributed by atoms with Gasteiger partial charge in [0.1, 0.15) is 11.6 Å². The Bertz CT molecular complexity index is 508. The van der Waals surface area contributed by atoms with Crippen LogP contribution < -0.4 is 5.32 Å². The number of rotatable bonds is 4. The lowest BCUT2D eigenvalue weighted by atomic mass is 10.2. The zero-order chi connectivity index (χ0) is 12.1. The van der Waals surface area contributed by atoms with E-state index >= 15 is 0 Å². The molecule has 0 aliphatic carbocycles. The summed E-state index contributed by atoms with van der Waals surface area (Å²) in [4.78, 5) is 12.8. The first kappa shape index (κ1) is 11.3. The van der Waals surface area contributed by atoms with Gasteiger partial charge in [0.2, 0.25) is 0 Å². The molecule has 2 rings (SSSR count). The second kappa shape index (κ2) is 5.21. The van der Waals surface area contributed by atoms with Crippen molar-refractivity contribution in [2.75, 3.05) is 11.9 Å². The molecule has 0 bridgehead atoms. The highest BCUT2D eigenvalue weighted by molar-refractivity contribution is 5.61. The molecule has 0 fully saturated rings. The highest BCUT2D eigenvalue weighted by atomic mass is 15.0. The van der Waals surface area contributed by atoms with E-state index < -0.39 is 0 Å². The Hall–Kier alpha value is -2.23. The van der Waals surface area contributed by atoms with Crippen molar-refractivity contribution in [3.63, 3.8) is 0 Å². The summed E-state index contributed by atoms with van der Waals surface area (Å²) in [5.41, 5.74) is 1.86. The van der Waals surface area contributed by atoms with Gasteiger partial charge >= 0.3 is 0 Å². The Morgan fingerprint density at radius 3 is 3.00 bits per heavy atom. The van der Waals surface area contributed by atoms with Crippen molar-refractivity contribution in [2.24, 2.45) is 0 Å². The van der Waals surface area contributed by atoms with Crippen LogP contribution in [0, 0.1) is 6.92 Å². The lowest BCUT2D eigenvalue weighted by Gasteiger charge is -2.06. The Morgan fingerprint density at radius 2 is 2.29 bits per heavy atom. The van der Waals surface area contributed by atoms with Crippen LogP contribution in [0.3, 0.4) is 0 Å². The van der Waals surface area contributed by atoms with Gasteiger partial charge in [-0.15, -0.1) is 6.58 Å². The molecule has 1 N–H and O–H groups in total. The average Bonchev–Trinajstić information content (AvgIpc) is 2.37. The third-order valence-corrected chi connectivity index (χ3v) is 2.22. The van der Waals surface area contributed by atoms with E-state index in [9.17, 15) is 0 Å². The maximum atomic E-state index is 4.40. The van der Waals surface area contributed by atoms with E-state index in [4.69, 9.17) is 0 Å². The molecular weight excluding hydrogens is 212 g/mol. The molecule has 0 radical (unpaired) electrons. The highest BCUT2D eigenvalue weighted by Gasteiger charge is 2.03. The fourth-order valence-electron chi connectivity index (χ4n) is 1.50. The maximum absolute atomic E-state index is 4.40. The quantitative estimate of drug-likeness (QED) is 0.813. The zero-order valence-electron chi connectivity index (χ0n) is 9.72. The summed E-state index contributed by atoms with van der Waals surface area (Å²) < 4.78 is 0. The van der Waals surface area contributed by atoms with E-state index in [1.54, 1.807) is 18.5 Å². The first-order chi connectivity index (χ1) is 8.29. The van der Waals surface area contributed by atoms with Crippen LogP contribution in [-0.4, -0.2) is 21.5 Å². The second-order valence-corrected chi connectivity index (χ2v) is 3.60. The van der Waals surface area contributed by atoms with Crippen LogP contribution in [0.2, 0.25) is 0 Å². The summed E-state index contributed by atoms with van der Waals surface area (Å²) in [7, 11) is 0. The summed E-state index contributed by atoms with van der Waals surface area (Å²) in [6.45, 7) is 6.22. The molecule has 4 nitrogen and oxygen atoms in total. The summed E-state index contributed by atoms with van der Waals surface area (Å²) in [6, 6.07) is 5.78. The minimum Gasteiger partial charge on any atom is -0.366 e. The number of aromatic nitrogens is 3. The lowest BCUT2D eigenvalue weighted by molar-refractivity contribution is 1.05. The predicted molar refractivity (Wildman–Crippen MR) is 68.7 cm³/mol. The lowest BCUT2D eigenvalue weighted by Crippen LogP contribution is -2.03. The topological polar surface area (TPSA) is 50.7 Å². The summed E-state index contributed by atoms with van der Waals surface area (Å²) >= 11 is 0. The molecule has 0 atom stereocenters. The molecule has 4 heteroatoms. The van der Waals surface area contributed by atoms with Gasteiger partial charge < -0.3 is 5.32 Å². The number of hydrogen-bond donors (Lipinski definition) is 1. The summed E-state index contributed by atoms with van der Waals surface area (Å²) in [6.07, 6.45) is 5.33. The van der Waals surface area contributed by atoms with Crippen molar-refractivity contribution in [1.82, 2.24) is 15.0 Å². The molecule has 0 aliphatic rings. The normalized spacial score (nSPS) is 9.94. The van der Waals surface area contributed by atoms with Crippen LogP contribution >= 0.6 is 0 Å². The van der Waals surface area contributed by atoms with Crippen molar-refractivity contribution in [2.45, 2.75) is 6.92 Å². The first-order valence-corrected chi connectivity index (χ1v) is 5.40. The molecule has 0 amide bonds. The number of nitrogens with one attached hydrogen (secondary N) is 1. The van der Waals surface area contributed by atoms with Crippen LogP contribution in [0.1, 0.15) is 5.82 Å². The molecule has 2 aromatic rings. The fraction of sp³-hybridized carbons (Fsp3) is 0.154. The standard InChI is InChI=1S/C13H14N4/c1-3-6-15-13-8-12(16-10(2)17-13)11-5-4-7-14-9-11/h3-5,7-9H,1,6H2,2H3,(H,15,16,17). The van der Waals surface area contributed by atoms with Crippen molar-refractivity contribution in [1.29, 1.82) is 0 Å². The van der Waals surface area contributed by atoms with Gasteiger partial charge in [-0.25, -0.2) is 9.97 Å². The summed E-state index contributed by atoms with van der Waals surface area (Å²) in [5, 5.41) is 3.16. The number of hydrogen-bond acceptors (Lipinski definition) is 4. The Morgan fingerprint density at radius 1 is 1.41 bits per heavy atom.